The molecule has 0 spiro atoms. The Hall–Kier alpha value is -0.420. The molecule has 0 radical (unpaired) electrons. The Morgan fingerprint density at radius 1 is 1.20 bits per heavy atom. The summed E-state index contributed by atoms with van der Waals surface area (Å²) in [6.07, 6.45) is 0. The first-order valence-electron chi connectivity index (χ1n) is 6.16. The zero-order chi connectivity index (χ0) is 14.7. The Morgan fingerprint density at radius 3 is 2.60 bits per heavy atom. The van der Waals surface area contributed by atoms with Crippen LogP contribution in [-0.4, -0.2) is 6.54 Å². The predicted molar refractivity (Wildman–Crippen MR) is 88.8 cm³/mol. The van der Waals surface area contributed by atoms with Crippen molar-refractivity contribution in [3.05, 3.63) is 67.3 Å². The van der Waals surface area contributed by atoms with Gasteiger partial charge in [0, 0.05) is 15.1 Å². The van der Waals surface area contributed by atoms with Crippen molar-refractivity contribution in [3.63, 3.8) is 0 Å². The fourth-order valence-corrected chi connectivity index (χ4v) is 3.23. The van der Waals surface area contributed by atoms with E-state index in [0.717, 1.165) is 10.0 Å². The van der Waals surface area contributed by atoms with Crippen molar-refractivity contribution >= 4 is 43.5 Å². The predicted octanol–water partition coefficient (Wildman–Crippen LogP) is 5.70. The van der Waals surface area contributed by atoms with Crippen molar-refractivity contribution in [1.82, 2.24) is 5.32 Å². The Morgan fingerprint density at radius 2 is 1.95 bits per heavy atom. The van der Waals surface area contributed by atoms with Crippen LogP contribution in [0.2, 0.25) is 5.02 Å². The van der Waals surface area contributed by atoms with Crippen LogP contribution in [0.5, 0.6) is 0 Å². The highest BCUT2D eigenvalue weighted by Gasteiger charge is 2.20. The highest BCUT2D eigenvalue weighted by Crippen LogP contribution is 2.33. The molecule has 0 bridgehead atoms. The first kappa shape index (κ1) is 16.0. The molecule has 20 heavy (non-hydrogen) atoms. The summed E-state index contributed by atoms with van der Waals surface area (Å²) in [5.74, 6) is -0.266. The third kappa shape index (κ3) is 3.42. The number of rotatable bonds is 4. The van der Waals surface area contributed by atoms with Gasteiger partial charge in [-0.15, -0.1) is 0 Å². The maximum absolute atomic E-state index is 14.3. The molecule has 2 aromatic carbocycles. The Kier molecular flexibility index (Phi) is 5.61. The van der Waals surface area contributed by atoms with Gasteiger partial charge in [0.1, 0.15) is 5.82 Å². The molecule has 1 N–H and O–H groups in total. The van der Waals surface area contributed by atoms with Gasteiger partial charge in [-0.3, -0.25) is 0 Å². The van der Waals surface area contributed by atoms with E-state index in [0.29, 0.717) is 21.6 Å². The van der Waals surface area contributed by atoms with Gasteiger partial charge in [-0.05, 0) is 46.2 Å². The molecule has 0 fully saturated rings. The van der Waals surface area contributed by atoms with Crippen molar-refractivity contribution in [1.29, 1.82) is 0 Å². The minimum atomic E-state index is -0.280. The average molecular weight is 422 g/mol. The molecule has 0 aliphatic heterocycles. The van der Waals surface area contributed by atoms with Gasteiger partial charge in [0.15, 0.2) is 0 Å². The van der Waals surface area contributed by atoms with E-state index in [1.165, 1.54) is 0 Å². The lowest BCUT2D eigenvalue weighted by molar-refractivity contribution is 0.555. The minimum absolute atomic E-state index is 0.266. The van der Waals surface area contributed by atoms with Crippen molar-refractivity contribution in [2.45, 2.75) is 13.0 Å². The van der Waals surface area contributed by atoms with E-state index >= 15 is 0 Å². The summed E-state index contributed by atoms with van der Waals surface area (Å²) in [6, 6.07) is 10.6. The first-order valence-corrected chi connectivity index (χ1v) is 8.13. The monoisotopic (exact) mass is 419 g/mol. The van der Waals surface area contributed by atoms with E-state index in [1.54, 1.807) is 12.1 Å². The van der Waals surface area contributed by atoms with Crippen LogP contribution < -0.4 is 5.32 Å². The van der Waals surface area contributed by atoms with Crippen molar-refractivity contribution < 1.29 is 4.39 Å². The summed E-state index contributed by atoms with van der Waals surface area (Å²) >= 11 is 12.9. The van der Waals surface area contributed by atoms with Crippen LogP contribution in [0.1, 0.15) is 24.1 Å². The van der Waals surface area contributed by atoms with Crippen LogP contribution in [0.3, 0.4) is 0 Å². The number of halogens is 4. The maximum atomic E-state index is 14.3. The van der Waals surface area contributed by atoms with Gasteiger partial charge in [0.25, 0.3) is 0 Å². The minimum Gasteiger partial charge on any atom is -0.306 e. The van der Waals surface area contributed by atoms with E-state index in [9.17, 15) is 4.39 Å². The molecule has 2 rings (SSSR count). The fraction of sp³-hybridized carbons (Fsp3) is 0.200. The van der Waals surface area contributed by atoms with E-state index in [-0.39, 0.29) is 11.9 Å². The van der Waals surface area contributed by atoms with Crippen LogP contribution in [0.4, 0.5) is 4.39 Å². The van der Waals surface area contributed by atoms with E-state index < -0.39 is 0 Å². The summed E-state index contributed by atoms with van der Waals surface area (Å²) < 4.78 is 15.7. The molecule has 0 aromatic heterocycles. The summed E-state index contributed by atoms with van der Waals surface area (Å²) in [7, 11) is 0. The molecule has 0 saturated heterocycles. The van der Waals surface area contributed by atoms with Gasteiger partial charge in [-0.25, -0.2) is 4.39 Å². The molecule has 1 unspecified atom stereocenters. The number of nitrogens with one attached hydrogen (secondary N) is 1. The SMILES string of the molecule is CCNC(c1ccc(Br)cc1Cl)c1cccc(Br)c1F. The van der Waals surface area contributed by atoms with E-state index in [2.05, 4.69) is 37.2 Å². The summed E-state index contributed by atoms with van der Waals surface area (Å²) in [5, 5.41) is 3.88. The summed E-state index contributed by atoms with van der Waals surface area (Å²) in [4.78, 5) is 0. The molecule has 0 aliphatic rings. The Bertz CT molecular complexity index is 619. The van der Waals surface area contributed by atoms with Crippen LogP contribution >= 0.6 is 43.5 Å². The fourth-order valence-electron chi connectivity index (χ4n) is 2.07. The molecular formula is C15H13Br2ClFN. The summed E-state index contributed by atoms with van der Waals surface area (Å²) in [5.41, 5.74) is 1.43. The van der Waals surface area contributed by atoms with Crippen molar-refractivity contribution in [2.75, 3.05) is 6.54 Å². The highest BCUT2D eigenvalue weighted by atomic mass is 79.9. The lowest BCUT2D eigenvalue weighted by Crippen LogP contribution is -2.23. The average Bonchev–Trinajstić information content (AvgIpc) is 2.40. The summed E-state index contributed by atoms with van der Waals surface area (Å²) in [6.45, 7) is 2.69. The Labute approximate surface area is 139 Å². The maximum Gasteiger partial charge on any atom is 0.142 e. The molecule has 0 saturated carbocycles. The second kappa shape index (κ2) is 7.03. The molecule has 1 nitrogen and oxygen atoms in total. The zero-order valence-corrected chi connectivity index (χ0v) is 14.7. The molecule has 2 aromatic rings. The lowest BCUT2D eigenvalue weighted by atomic mass is 9.98. The van der Waals surface area contributed by atoms with E-state index in [4.69, 9.17) is 11.6 Å². The smallest absolute Gasteiger partial charge is 0.142 e. The highest BCUT2D eigenvalue weighted by molar-refractivity contribution is 9.10. The van der Waals surface area contributed by atoms with Gasteiger partial charge in [0.05, 0.1) is 10.5 Å². The number of hydrogen-bond donors (Lipinski definition) is 1. The molecule has 1 atom stereocenters. The van der Waals surface area contributed by atoms with Gasteiger partial charge in [-0.2, -0.15) is 0 Å². The normalized spacial score (nSPS) is 12.4. The quantitative estimate of drug-likeness (QED) is 0.667. The van der Waals surface area contributed by atoms with Crippen molar-refractivity contribution in [3.8, 4) is 0 Å². The standard InChI is InChI=1S/C15H13Br2ClFN/c1-2-20-15(10-7-6-9(16)8-13(10)18)11-4-3-5-12(17)14(11)19/h3-8,15,20H,2H2,1H3. The third-order valence-electron chi connectivity index (χ3n) is 2.97. The molecule has 0 aliphatic carbocycles. The Balaban J connectivity index is 2.53. The van der Waals surface area contributed by atoms with Gasteiger partial charge >= 0.3 is 0 Å². The van der Waals surface area contributed by atoms with Crippen LogP contribution in [0.25, 0.3) is 0 Å². The topological polar surface area (TPSA) is 12.0 Å². The molecule has 0 heterocycles. The molecule has 106 valence electrons. The molecule has 5 heteroatoms. The second-order valence-electron chi connectivity index (χ2n) is 4.30. The van der Waals surface area contributed by atoms with Gasteiger partial charge in [-0.1, -0.05) is 52.7 Å². The van der Waals surface area contributed by atoms with Gasteiger partial charge in [0.2, 0.25) is 0 Å². The first-order chi connectivity index (χ1) is 9.54. The lowest BCUT2D eigenvalue weighted by Gasteiger charge is -2.21. The van der Waals surface area contributed by atoms with Crippen LogP contribution in [0, 0.1) is 5.82 Å². The van der Waals surface area contributed by atoms with Crippen molar-refractivity contribution in [2.24, 2.45) is 0 Å². The third-order valence-corrected chi connectivity index (χ3v) is 4.41. The van der Waals surface area contributed by atoms with Crippen LogP contribution in [-0.2, 0) is 0 Å². The molecule has 0 amide bonds. The molecular weight excluding hydrogens is 408 g/mol. The number of benzene rings is 2. The second-order valence-corrected chi connectivity index (χ2v) is 6.48. The zero-order valence-electron chi connectivity index (χ0n) is 10.8. The van der Waals surface area contributed by atoms with Crippen LogP contribution in [0.15, 0.2) is 45.3 Å². The number of hydrogen-bond acceptors (Lipinski definition) is 1. The van der Waals surface area contributed by atoms with Gasteiger partial charge < -0.3 is 5.32 Å². The largest absolute Gasteiger partial charge is 0.306 e. The van der Waals surface area contributed by atoms with E-state index in [1.807, 2.05) is 31.2 Å².